The van der Waals surface area contributed by atoms with E-state index in [-0.39, 0.29) is 11.7 Å². The number of aromatic nitrogens is 1. The number of nitrogens with zero attached hydrogens (tertiary/aromatic N) is 1. The van der Waals surface area contributed by atoms with Gasteiger partial charge in [-0.25, -0.2) is 8.42 Å². The lowest BCUT2D eigenvalue weighted by molar-refractivity contribution is 0.0977. The molecular weight excluding hydrogens is 430 g/mol. The largest absolute Gasteiger partial charge is 0.294 e. The zero-order chi connectivity index (χ0) is 23.4. The highest BCUT2D eigenvalue weighted by Gasteiger charge is 2.21. The van der Waals surface area contributed by atoms with Gasteiger partial charge in [-0.05, 0) is 59.0 Å². The Labute approximate surface area is 194 Å². The molecule has 166 valence electrons. The van der Waals surface area contributed by atoms with Crippen LogP contribution in [0.15, 0.2) is 102 Å². The van der Waals surface area contributed by atoms with E-state index in [2.05, 4.69) is 30.1 Å². The standard InChI is InChI=1S/C28H25NO3S/c1-20-6-3-4-9-26(20)27(19-28(30)22-14-16-29-17-15-22)24-8-5-7-23(18-24)21-10-12-25(13-11-21)33(2,31)32/h3-18,27H,19H2,1-2H3. The van der Waals surface area contributed by atoms with Crippen LogP contribution in [-0.2, 0) is 9.84 Å². The highest BCUT2D eigenvalue weighted by atomic mass is 32.2. The Morgan fingerprint density at radius 3 is 2.21 bits per heavy atom. The number of Topliss-reactive ketones (excluding diaryl/α,β-unsaturated/α-hetero) is 1. The molecule has 0 saturated heterocycles. The summed E-state index contributed by atoms with van der Waals surface area (Å²) >= 11 is 0. The van der Waals surface area contributed by atoms with Gasteiger partial charge in [0.2, 0.25) is 0 Å². The molecule has 1 atom stereocenters. The summed E-state index contributed by atoms with van der Waals surface area (Å²) in [5.74, 6) is -0.0457. The molecule has 4 rings (SSSR count). The van der Waals surface area contributed by atoms with Crippen molar-refractivity contribution in [3.63, 3.8) is 0 Å². The molecule has 0 saturated carbocycles. The Morgan fingerprint density at radius 1 is 0.848 bits per heavy atom. The molecule has 4 aromatic rings. The van der Waals surface area contributed by atoms with E-state index in [9.17, 15) is 13.2 Å². The van der Waals surface area contributed by atoms with Gasteiger partial charge in [0.25, 0.3) is 0 Å². The Kier molecular flexibility index (Phi) is 6.52. The Bertz CT molecular complexity index is 1380. The molecule has 5 heteroatoms. The Hall–Kier alpha value is -3.57. The molecular formula is C28H25NO3S. The second kappa shape index (κ2) is 9.51. The van der Waals surface area contributed by atoms with Crippen molar-refractivity contribution in [1.82, 2.24) is 4.98 Å². The minimum absolute atomic E-state index is 0.0635. The maximum Gasteiger partial charge on any atom is 0.175 e. The SMILES string of the molecule is Cc1ccccc1C(CC(=O)c1ccncc1)c1cccc(-c2ccc(S(C)(=O)=O)cc2)c1. The molecule has 0 aliphatic heterocycles. The molecule has 33 heavy (non-hydrogen) atoms. The van der Waals surface area contributed by atoms with E-state index in [1.54, 1.807) is 36.7 Å². The quantitative estimate of drug-likeness (QED) is 0.327. The molecule has 0 spiro atoms. The van der Waals surface area contributed by atoms with E-state index < -0.39 is 9.84 Å². The van der Waals surface area contributed by atoms with Crippen molar-refractivity contribution in [2.75, 3.05) is 6.26 Å². The molecule has 4 nitrogen and oxygen atoms in total. The molecule has 0 bridgehead atoms. The lowest BCUT2D eigenvalue weighted by Gasteiger charge is -2.20. The molecule has 0 radical (unpaired) electrons. The number of benzene rings is 3. The third-order valence-electron chi connectivity index (χ3n) is 5.86. The number of rotatable bonds is 7. The first-order valence-electron chi connectivity index (χ1n) is 10.7. The van der Waals surface area contributed by atoms with Gasteiger partial charge in [0.1, 0.15) is 0 Å². The third kappa shape index (κ3) is 5.26. The molecule has 0 N–H and O–H groups in total. The number of sulfone groups is 1. The van der Waals surface area contributed by atoms with Gasteiger partial charge in [0.15, 0.2) is 15.6 Å². The first-order chi connectivity index (χ1) is 15.8. The topological polar surface area (TPSA) is 64.1 Å². The highest BCUT2D eigenvalue weighted by Crippen LogP contribution is 2.34. The highest BCUT2D eigenvalue weighted by molar-refractivity contribution is 7.90. The Balaban J connectivity index is 1.73. The van der Waals surface area contributed by atoms with Gasteiger partial charge in [-0.1, -0.05) is 60.7 Å². The van der Waals surface area contributed by atoms with Crippen LogP contribution in [0, 0.1) is 6.92 Å². The number of pyridine rings is 1. The van der Waals surface area contributed by atoms with Crippen molar-refractivity contribution in [2.24, 2.45) is 0 Å². The molecule has 3 aromatic carbocycles. The maximum atomic E-state index is 13.1. The van der Waals surface area contributed by atoms with Gasteiger partial charge >= 0.3 is 0 Å². The zero-order valence-electron chi connectivity index (χ0n) is 18.6. The second-order valence-corrected chi connectivity index (χ2v) is 10.2. The van der Waals surface area contributed by atoms with Crippen molar-refractivity contribution >= 4 is 15.6 Å². The van der Waals surface area contributed by atoms with Gasteiger partial charge in [-0.3, -0.25) is 9.78 Å². The van der Waals surface area contributed by atoms with Crippen LogP contribution >= 0.6 is 0 Å². The van der Waals surface area contributed by atoms with Crippen LogP contribution < -0.4 is 0 Å². The zero-order valence-corrected chi connectivity index (χ0v) is 19.4. The van der Waals surface area contributed by atoms with E-state index in [0.717, 1.165) is 27.8 Å². The number of hydrogen-bond donors (Lipinski definition) is 0. The predicted molar refractivity (Wildman–Crippen MR) is 131 cm³/mol. The average Bonchev–Trinajstić information content (AvgIpc) is 2.83. The molecule has 1 unspecified atom stereocenters. The first kappa shape index (κ1) is 22.6. The number of carbonyl (C=O) groups excluding carboxylic acids is 1. The molecule has 0 fully saturated rings. The van der Waals surface area contributed by atoms with Crippen LogP contribution in [0.4, 0.5) is 0 Å². The van der Waals surface area contributed by atoms with E-state index in [4.69, 9.17) is 0 Å². The van der Waals surface area contributed by atoms with Gasteiger partial charge in [0, 0.05) is 36.6 Å². The minimum Gasteiger partial charge on any atom is -0.294 e. The molecule has 1 heterocycles. The second-order valence-electron chi connectivity index (χ2n) is 8.19. The van der Waals surface area contributed by atoms with Gasteiger partial charge in [0.05, 0.1) is 4.90 Å². The normalized spacial score (nSPS) is 12.3. The fourth-order valence-electron chi connectivity index (χ4n) is 4.06. The van der Waals surface area contributed by atoms with Crippen molar-refractivity contribution in [2.45, 2.75) is 24.2 Å². The predicted octanol–water partition coefficient (Wildman–Crippen LogP) is 5.87. The van der Waals surface area contributed by atoms with Crippen molar-refractivity contribution in [3.05, 3.63) is 120 Å². The molecule has 0 amide bonds. The lowest BCUT2D eigenvalue weighted by Crippen LogP contribution is -2.10. The van der Waals surface area contributed by atoms with Gasteiger partial charge in [-0.2, -0.15) is 0 Å². The van der Waals surface area contributed by atoms with Crippen LogP contribution in [-0.4, -0.2) is 25.4 Å². The summed E-state index contributed by atoms with van der Waals surface area (Å²) in [7, 11) is -3.25. The van der Waals surface area contributed by atoms with Crippen LogP contribution in [0.1, 0.15) is 39.4 Å². The van der Waals surface area contributed by atoms with E-state index in [1.165, 1.54) is 6.26 Å². The smallest absolute Gasteiger partial charge is 0.175 e. The summed E-state index contributed by atoms with van der Waals surface area (Å²) < 4.78 is 23.6. The van der Waals surface area contributed by atoms with Crippen LogP contribution in [0.5, 0.6) is 0 Å². The monoisotopic (exact) mass is 455 g/mol. The average molecular weight is 456 g/mol. The maximum absolute atomic E-state index is 13.1. The molecule has 0 aliphatic carbocycles. The fraction of sp³-hybridized carbons (Fsp3) is 0.143. The summed E-state index contributed by atoms with van der Waals surface area (Å²) in [5, 5.41) is 0. The number of carbonyl (C=O) groups is 1. The first-order valence-corrected chi connectivity index (χ1v) is 12.6. The summed E-state index contributed by atoms with van der Waals surface area (Å²) in [5.41, 5.74) is 5.83. The van der Waals surface area contributed by atoms with E-state index in [0.29, 0.717) is 16.9 Å². The van der Waals surface area contributed by atoms with Crippen LogP contribution in [0.3, 0.4) is 0 Å². The summed E-state index contributed by atoms with van der Waals surface area (Å²) in [6.45, 7) is 2.06. The van der Waals surface area contributed by atoms with E-state index in [1.807, 2.05) is 42.5 Å². The summed E-state index contributed by atoms with van der Waals surface area (Å²) in [6, 6.07) is 26.6. The van der Waals surface area contributed by atoms with Gasteiger partial charge in [-0.15, -0.1) is 0 Å². The Morgan fingerprint density at radius 2 is 1.55 bits per heavy atom. The molecule has 0 aliphatic rings. The lowest BCUT2D eigenvalue weighted by atomic mass is 9.83. The number of hydrogen-bond acceptors (Lipinski definition) is 4. The number of aryl methyl sites for hydroxylation is 1. The van der Waals surface area contributed by atoms with Gasteiger partial charge < -0.3 is 0 Å². The van der Waals surface area contributed by atoms with Crippen molar-refractivity contribution < 1.29 is 13.2 Å². The van der Waals surface area contributed by atoms with E-state index >= 15 is 0 Å². The van der Waals surface area contributed by atoms with Crippen molar-refractivity contribution in [1.29, 1.82) is 0 Å². The summed E-state index contributed by atoms with van der Waals surface area (Å²) in [6.07, 6.45) is 4.81. The third-order valence-corrected chi connectivity index (χ3v) is 6.99. The van der Waals surface area contributed by atoms with Crippen molar-refractivity contribution in [3.8, 4) is 11.1 Å². The minimum atomic E-state index is -3.25. The van der Waals surface area contributed by atoms with Crippen LogP contribution in [0.2, 0.25) is 0 Å². The number of ketones is 1. The molecule has 1 aromatic heterocycles. The summed E-state index contributed by atoms with van der Waals surface area (Å²) in [4.78, 5) is 17.4. The van der Waals surface area contributed by atoms with Crippen LogP contribution in [0.25, 0.3) is 11.1 Å². The fourth-order valence-corrected chi connectivity index (χ4v) is 4.69.